The first-order valence-electron chi connectivity index (χ1n) is 6.85. The van der Waals surface area contributed by atoms with Gasteiger partial charge in [-0.15, -0.1) is 21.5 Å². The highest BCUT2D eigenvalue weighted by Crippen LogP contribution is 2.34. The van der Waals surface area contributed by atoms with Gasteiger partial charge in [0.2, 0.25) is 0 Å². The van der Waals surface area contributed by atoms with Crippen LogP contribution in [0.15, 0.2) is 45.8 Å². The number of nitro benzene ring substituents is 1. The molecule has 24 heavy (non-hydrogen) atoms. The summed E-state index contributed by atoms with van der Waals surface area (Å²) in [4.78, 5) is 12.3. The number of nitro groups is 1. The second-order valence-corrected chi connectivity index (χ2v) is 6.91. The fourth-order valence-corrected chi connectivity index (χ4v) is 3.67. The zero-order valence-corrected chi connectivity index (χ0v) is 14.2. The largest absolute Gasteiger partial charge is 0.309 e. The minimum Gasteiger partial charge on any atom is -0.309 e. The van der Waals surface area contributed by atoms with Crippen molar-refractivity contribution in [3.05, 3.63) is 62.1 Å². The van der Waals surface area contributed by atoms with Gasteiger partial charge >= 0.3 is 0 Å². The second kappa shape index (κ2) is 6.82. The van der Waals surface area contributed by atoms with Crippen molar-refractivity contribution in [1.29, 1.82) is 5.26 Å². The Labute approximate surface area is 145 Å². The minimum absolute atomic E-state index is 0.109. The number of nitriles is 1. The number of nitrogens with zero attached hydrogens (tertiary/aromatic N) is 5. The van der Waals surface area contributed by atoms with E-state index in [-0.39, 0.29) is 11.3 Å². The molecule has 0 fully saturated rings. The van der Waals surface area contributed by atoms with Crippen molar-refractivity contribution in [3.63, 3.8) is 0 Å². The molecule has 0 unspecified atom stereocenters. The Bertz CT molecular complexity index is 928. The molecule has 7 nitrogen and oxygen atoms in total. The second-order valence-electron chi connectivity index (χ2n) is 4.87. The SMILES string of the molecule is Cn1c(Cc2cccs2)nnc1Sc1ccc(C#N)cc1[N+](=O)[O-]. The van der Waals surface area contributed by atoms with Crippen molar-refractivity contribution in [2.45, 2.75) is 16.5 Å². The van der Waals surface area contributed by atoms with Crippen LogP contribution in [0.4, 0.5) is 5.69 Å². The number of hydrogen-bond acceptors (Lipinski definition) is 7. The molecule has 0 spiro atoms. The van der Waals surface area contributed by atoms with Gasteiger partial charge in [0.1, 0.15) is 5.82 Å². The van der Waals surface area contributed by atoms with Gasteiger partial charge in [-0.05, 0) is 35.3 Å². The highest BCUT2D eigenvalue weighted by molar-refractivity contribution is 7.99. The molecular weight excluding hydrogens is 346 g/mol. The van der Waals surface area contributed by atoms with Crippen LogP contribution in [0.1, 0.15) is 16.3 Å². The standard InChI is InChI=1S/C15H11N5O2S2/c1-19-14(8-11-3-2-6-23-11)17-18-15(19)24-13-5-4-10(9-16)7-12(13)20(21)22/h2-7H,8H2,1H3. The smallest absolute Gasteiger partial charge is 0.284 e. The van der Waals surface area contributed by atoms with E-state index in [1.165, 1.54) is 10.9 Å². The lowest BCUT2D eigenvalue weighted by Gasteiger charge is -2.04. The number of thiophene rings is 1. The normalized spacial score (nSPS) is 10.5. The fraction of sp³-hybridized carbons (Fsp3) is 0.133. The molecule has 0 aliphatic rings. The van der Waals surface area contributed by atoms with Crippen molar-refractivity contribution >= 4 is 28.8 Å². The first-order chi connectivity index (χ1) is 11.6. The van der Waals surface area contributed by atoms with Crippen LogP contribution in [-0.2, 0) is 13.5 Å². The molecule has 0 aliphatic heterocycles. The average molecular weight is 357 g/mol. The number of aromatic nitrogens is 3. The summed E-state index contributed by atoms with van der Waals surface area (Å²) < 4.78 is 1.83. The molecule has 3 aromatic rings. The summed E-state index contributed by atoms with van der Waals surface area (Å²) in [6.45, 7) is 0. The summed E-state index contributed by atoms with van der Waals surface area (Å²) in [5.41, 5.74) is 0.143. The van der Waals surface area contributed by atoms with Crippen LogP contribution < -0.4 is 0 Å². The van der Waals surface area contributed by atoms with E-state index in [9.17, 15) is 10.1 Å². The molecule has 0 saturated heterocycles. The minimum atomic E-state index is -0.494. The molecule has 0 N–H and O–H groups in total. The zero-order chi connectivity index (χ0) is 17.1. The molecule has 1 aromatic carbocycles. The van der Waals surface area contributed by atoms with Crippen molar-refractivity contribution < 1.29 is 4.92 Å². The van der Waals surface area contributed by atoms with Crippen LogP contribution >= 0.6 is 23.1 Å². The van der Waals surface area contributed by atoms with Crippen molar-refractivity contribution in [2.24, 2.45) is 7.05 Å². The first kappa shape index (κ1) is 16.2. The van der Waals surface area contributed by atoms with Gasteiger partial charge in [0, 0.05) is 24.4 Å². The van der Waals surface area contributed by atoms with Gasteiger partial charge in [-0.2, -0.15) is 5.26 Å². The Kier molecular flexibility index (Phi) is 4.59. The average Bonchev–Trinajstić information content (AvgIpc) is 3.20. The molecule has 0 amide bonds. The van der Waals surface area contributed by atoms with E-state index in [1.54, 1.807) is 23.5 Å². The van der Waals surface area contributed by atoms with E-state index >= 15 is 0 Å². The van der Waals surface area contributed by atoms with E-state index in [4.69, 9.17) is 5.26 Å². The number of rotatable bonds is 5. The Morgan fingerprint density at radius 1 is 1.42 bits per heavy atom. The van der Waals surface area contributed by atoms with Crippen molar-refractivity contribution in [3.8, 4) is 6.07 Å². The number of benzene rings is 1. The Morgan fingerprint density at radius 3 is 2.92 bits per heavy atom. The molecule has 0 bridgehead atoms. The maximum atomic E-state index is 11.2. The molecule has 9 heteroatoms. The Morgan fingerprint density at radius 2 is 2.25 bits per heavy atom. The van der Waals surface area contributed by atoms with Crippen molar-refractivity contribution in [1.82, 2.24) is 14.8 Å². The maximum absolute atomic E-state index is 11.2. The highest BCUT2D eigenvalue weighted by Gasteiger charge is 2.19. The van der Waals surface area contributed by atoms with Gasteiger partial charge in [-0.1, -0.05) is 6.07 Å². The molecule has 0 aliphatic carbocycles. The molecule has 2 aromatic heterocycles. The number of hydrogen-bond donors (Lipinski definition) is 0. The topological polar surface area (TPSA) is 97.6 Å². The molecular formula is C15H11N5O2S2. The Balaban J connectivity index is 1.88. The van der Waals surface area contributed by atoms with E-state index in [0.717, 1.165) is 17.6 Å². The lowest BCUT2D eigenvalue weighted by Crippen LogP contribution is -1.99. The van der Waals surface area contributed by atoms with Gasteiger partial charge in [-0.3, -0.25) is 10.1 Å². The third-order valence-corrected chi connectivity index (χ3v) is 5.30. The van der Waals surface area contributed by atoms with E-state index in [1.807, 2.05) is 35.2 Å². The molecule has 2 heterocycles. The maximum Gasteiger partial charge on any atom is 0.284 e. The third-order valence-electron chi connectivity index (χ3n) is 3.32. The van der Waals surface area contributed by atoms with Gasteiger partial charge in [0.15, 0.2) is 5.16 Å². The lowest BCUT2D eigenvalue weighted by molar-refractivity contribution is -0.387. The summed E-state index contributed by atoms with van der Waals surface area (Å²) in [5.74, 6) is 0.788. The molecule has 3 rings (SSSR count). The monoisotopic (exact) mass is 357 g/mol. The highest BCUT2D eigenvalue weighted by atomic mass is 32.2. The first-order valence-corrected chi connectivity index (χ1v) is 8.55. The van der Waals surface area contributed by atoms with Crippen LogP contribution in [0.3, 0.4) is 0 Å². The Hall–Kier alpha value is -2.70. The quantitative estimate of drug-likeness (QED) is 0.513. The summed E-state index contributed by atoms with van der Waals surface area (Å²) >= 11 is 2.81. The van der Waals surface area contributed by atoms with Gasteiger partial charge < -0.3 is 4.57 Å². The van der Waals surface area contributed by atoms with Crippen LogP contribution in [-0.4, -0.2) is 19.7 Å². The van der Waals surface area contributed by atoms with Gasteiger partial charge in [-0.25, -0.2) is 0 Å². The fourth-order valence-electron chi connectivity index (χ4n) is 2.07. The van der Waals surface area contributed by atoms with Crippen LogP contribution in [0.25, 0.3) is 0 Å². The summed E-state index contributed by atoms with van der Waals surface area (Å²) in [6.07, 6.45) is 0.664. The predicted octanol–water partition coefficient (Wildman–Crippen LogP) is 3.40. The van der Waals surface area contributed by atoms with Crippen LogP contribution in [0.5, 0.6) is 0 Å². The molecule has 120 valence electrons. The third kappa shape index (κ3) is 3.29. The lowest BCUT2D eigenvalue weighted by atomic mass is 10.2. The van der Waals surface area contributed by atoms with Crippen molar-refractivity contribution in [2.75, 3.05) is 0 Å². The van der Waals surface area contributed by atoms with Gasteiger partial charge in [0.05, 0.1) is 21.5 Å². The van der Waals surface area contributed by atoms with Gasteiger partial charge in [0.25, 0.3) is 5.69 Å². The molecule has 0 radical (unpaired) electrons. The predicted molar refractivity (Wildman–Crippen MR) is 90.1 cm³/mol. The van der Waals surface area contributed by atoms with Crippen LogP contribution in [0.2, 0.25) is 0 Å². The van der Waals surface area contributed by atoms with E-state index in [0.29, 0.717) is 16.5 Å². The zero-order valence-electron chi connectivity index (χ0n) is 12.5. The van der Waals surface area contributed by atoms with Crippen LogP contribution in [0, 0.1) is 21.4 Å². The summed E-state index contributed by atoms with van der Waals surface area (Å²) in [6, 6.07) is 10.3. The van der Waals surface area contributed by atoms with E-state index < -0.39 is 4.92 Å². The van der Waals surface area contributed by atoms with E-state index in [2.05, 4.69) is 10.2 Å². The molecule has 0 saturated carbocycles. The molecule has 0 atom stereocenters. The summed E-state index contributed by atoms with van der Waals surface area (Å²) in [5, 5.41) is 31.0. The summed E-state index contributed by atoms with van der Waals surface area (Å²) in [7, 11) is 1.83.